The Labute approximate surface area is 382 Å². The summed E-state index contributed by atoms with van der Waals surface area (Å²) in [4.78, 5) is 81.4. The molecule has 1 saturated heterocycles. The molecule has 1 aliphatic carbocycles. The fourth-order valence-electron chi connectivity index (χ4n) is 8.69. The van der Waals surface area contributed by atoms with Crippen LogP contribution in [0.2, 0.25) is 0 Å². The van der Waals surface area contributed by atoms with E-state index in [0.717, 1.165) is 30.4 Å². The van der Waals surface area contributed by atoms with Crippen LogP contribution < -0.4 is 5.32 Å². The first-order valence-corrected chi connectivity index (χ1v) is 23.0. The molecule has 0 spiro atoms. The molecule has 0 bridgehead atoms. The third-order valence-corrected chi connectivity index (χ3v) is 12.2. The summed E-state index contributed by atoms with van der Waals surface area (Å²) in [7, 11) is 0. The number of hydrogen-bond acceptors (Lipinski definition) is 11. The van der Waals surface area contributed by atoms with E-state index in [1.54, 1.807) is 22.7 Å². The van der Waals surface area contributed by atoms with E-state index in [1.807, 2.05) is 86.7 Å². The smallest absolute Gasteiger partial charge is 0.334 e. The average molecular weight is 895 g/mol. The Hall–Kier alpha value is -5.96. The molecule has 5 unspecified atom stereocenters. The number of benzene rings is 2. The second kappa shape index (κ2) is 24.4. The molecule has 2 aliphatic rings. The van der Waals surface area contributed by atoms with Gasteiger partial charge in [0.15, 0.2) is 0 Å². The van der Waals surface area contributed by atoms with Crippen LogP contribution in [0.15, 0.2) is 85.6 Å². The third kappa shape index (κ3) is 14.0. The lowest BCUT2D eigenvalue weighted by molar-refractivity contribution is -0.154. The molecule has 2 aromatic carbocycles. The summed E-state index contributed by atoms with van der Waals surface area (Å²) in [6.45, 7) is 12.1. The molecule has 1 aromatic heterocycles. The predicted octanol–water partition coefficient (Wildman–Crippen LogP) is 6.08. The number of fused-ring (bicyclic) bond motifs is 1. The fraction of sp³-hybridized carbons (Fsp3) is 0.520. The summed E-state index contributed by atoms with van der Waals surface area (Å²) in [6.07, 6.45) is 10.6. The summed E-state index contributed by atoms with van der Waals surface area (Å²) in [5, 5.41) is 20.9. The van der Waals surface area contributed by atoms with E-state index in [4.69, 9.17) is 9.47 Å². The molecule has 1 saturated carbocycles. The molecule has 2 fully saturated rings. The molecule has 2 heterocycles. The molecule has 5 rings (SSSR count). The van der Waals surface area contributed by atoms with Gasteiger partial charge in [0, 0.05) is 32.5 Å². The number of nitrogens with zero attached hydrogens (tertiary/aromatic N) is 5. The minimum absolute atomic E-state index is 0.0393. The van der Waals surface area contributed by atoms with Crippen molar-refractivity contribution in [3.8, 4) is 0 Å². The molecule has 6 atom stereocenters. The first-order chi connectivity index (χ1) is 31.2. The summed E-state index contributed by atoms with van der Waals surface area (Å²) in [6, 6.07) is 19.3. The van der Waals surface area contributed by atoms with E-state index in [0.29, 0.717) is 44.5 Å². The van der Waals surface area contributed by atoms with Gasteiger partial charge in [-0.15, -0.1) is 11.7 Å². The van der Waals surface area contributed by atoms with Crippen molar-refractivity contribution in [2.45, 2.75) is 104 Å². The van der Waals surface area contributed by atoms with Gasteiger partial charge in [-0.2, -0.15) is 0 Å². The average Bonchev–Trinajstić information content (AvgIpc) is 3.99. The van der Waals surface area contributed by atoms with Crippen molar-refractivity contribution in [3.63, 3.8) is 0 Å². The SMILES string of the molecule is C=CC1CC(/C=C/c2ccccc2)C2C(=O)N(CCCCCCN(Cc3cn(C(CC(C)(C)C(=O)OCC)c4ccccc4)nn3)C(=O)CCC(=O)NCCCOC(=O)C(C)O)C(=O)[C@H]12. The quantitative estimate of drug-likeness (QED) is 0.0411. The Bertz CT molecular complexity index is 2100. The van der Waals surface area contributed by atoms with Crippen LogP contribution in [0.25, 0.3) is 6.08 Å². The van der Waals surface area contributed by atoms with Crippen LogP contribution in [0.3, 0.4) is 0 Å². The van der Waals surface area contributed by atoms with E-state index < -0.39 is 29.3 Å². The molecule has 3 aromatic rings. The molecule has 2 N–H and O–H groups in total. The van der Waals surface area contributed by atoms with Gasteiger partial charge in [0.2, 0.25) is 23.6 Å². The number of rotatable bonds is 26. The second-order valence-corrected chi connectivity index (χ2v) is 17.6. The monoisotopic (exact) mass is 894 g/mol. The van der Waals surface area contributed by atoms with Crippen molar-refractivity contribution < 1.29 is 43.3 Å². The number of ether oxygens (including phenoxy) is 2. The van der Waals surface area contributed by atoms with Crippen molar-refractivity contribution in [2.75, 3.05) is 32.8 Å². The highest BCUT2D eigenvalue weighted by atomic mass is 16.5. The number of aliphatic hydroxyl groups excluding tert-OH is 1. The van der Waals surface area contributed by atoms with Crippen molar-refractivity contribution >= 4 is 41.6 Å². The van der Waals surface area contributed by atoms with Crippen LogP contribution in [0, 0.1) is 29.1 Å². The number of likely N-dealkylation sites (tertiary alicyclic amines) is 1. The molecule has 0 radical (unpaired) electrons. The third-order valence-electron chi connectivity index (χ3n) is 12.2. The zero-order valence-corrected chi connectivity index (χ0v) is 38.3. The normalized spacial score (nSPS) is 19.2. The minimum Gasteiger partial charge on any atom is -0.466 e. The van der Waals surface area contributed by atoms with Gasteiger partial charge in [-0.05, 0) is 82.8 Å². The lowest BCUT2D eigenvalue weighted by Crippen LogP contribution is -2.34. The van der Waals surface area contributed by atoms with E-state index in [9.17, 15) is 33.9 Å². The van der Waals surface area contributed by atoms with Gasteiger partial charge in [-0.1, -0.05) is 96.9 Å². The maximum Gasteiger partial charge on any atom is 0.334 e. The van der Waals surface area contributed by atoms with Gasteiger partial charge in [0.25, 0.3) is 0 Å². The molecule has 15 nitrogen and oxygen atoms in total. The van der Waals surface area contributed by atoms with Gasteiger partial charge in [0.05, 0.1) is 49.2 Å². The minimum atomic E-state index is -1.23. The molecule has 350 valence electrons. The Kier molecular flexibility index (Phi) is 18.8. The fourth-order valence-corrected chi connectivity index (χ4v) is 8.69. The lowest BCUT2D eigenvalue weighted by Gasteiger charge is -2.28. The number of unbranched alkanes of at least 4 members (excludes halogenated alkanes) is 3. The number of imide groups is 1. The Morgan fingerprint density at radius 1 is 0.938 bits per heavy atom. The van der Waals surface area contributed by atoms with Gasteiger partial charge in [-0.3, -0.25) is 28.9 Å². The van der Waals surface area contributed by atoms with Gasteiger partial charge >= 0.3 is 11.9 Å². The number of carbonyl (C=O) groups is 6. The van der Waals surface area contributed by atoms with Crippen molar-refractivity contribution in [1.82, 2.24) is 30.1 Å². The highest BCUT2D eigenvalue weighted by Gasteiger charge is 2.56. The van der Waals surface area contributed by atoms with Crippen LogP contribution in [0.5, 0.6) is 0 Å². The molecule has 65 heavy (non-hydrogen) atoms. The van der Waals surface area contributed by atoms with Crippen LogP contribution in [0.4, 0.5) is 0 Å². The van der Waals surface area contributed by atoms with E-state index in [1.165, 1.54) is 11.8 Å². The largest absolute Gasteiger partial charge is 0.466 e. The number of carbonyl (C=O) groups excluding carboxylic acids is 6. The highest BCUT2D eigenvalue weighted by Crippen LogP contribution is 2.49. The van der Waals surface area contributed by atoms with Gasteiger partial charge in [0.1, 0.15) is 11.8 Å². The number of aliphatic hydroxyl groups is 1. The summed E-state index contributed by atoms with van der Waals surface area (Å²) in [5.74, 6) is -2.73. The summed E-state index contributed by atoms with van der Waals surface area (Å²) in [5.41, 5.74) is 1.68. The van der Waals surface area contributed by atoms with E-state index in [-0.39, 0.29) is 86.6 Å². The molecule has 15 heteroatoms. The number of esters is 2. The second-order valence-electron chi connectivity index (χ2n) is 17.6. The Morgan fingerprint density at radius 3 is 2.29 bits per heavy atom. The van der Waals surface area contributed by atoms with Crippen molar-refractivity contribution in [1.29, 1.82) is 0 Å². The zero-order chi connectivity index (χ0) is 46.9. The first kappa shape index (κ1) is 50.0. The summed E-state index contributed by atoms with van der Waals surface area (Å²) < 4.78 is 12.0. The van der Waals surface area contributed by atoms with Crippen molar-refractivity contribution in [3.05, 3.63) is 102 Å². The maximum atomic E-state index is 13.8. The zero-order valence-electron chi connectivity index (χ0n) is 38.3. The Balaban J connectivity index is 1.19. The first-order valence-electron chi connectivity index (χ1n) is 23.0. The molecular weight excluding hydrogens is 829 g/mol. The topological polar surface area (TPSA) is 190 Å². The van der Waals surface area contributed by atoms with Gasteiger partial charge < -0.3 is 24.8 Å². The number of hydrogen-bond donors (Lipinski definition) is 2. The standard InChI is InChI=1S/C50H66N6O9/c1-6-37-31-39(24-23-36-19-12-10-13-20-36)45-44(37)46(60)55(47(45)61)29-17-9-8-16-28-54(43(59)26-25-42(58)51-27-18-30-65-48(62)35(3)57)33-40-34-56(53-52-40)41(38-21-14-11-15-22-38)32-50(4,5)49(63)64-7-2/h6,10-15,19-24,34-35,37,39,41,44-45,57H,1,7-9,16-18,25-33H2,2-5H3,(H,51,58)/b24-23+/t35?,37?,39?,41?,44-,45?/m1/s1. The number of amides is 4. The van der Waals surface area contributed by atoms with Crippen LogP contribution in [-0.2, 0) is 44.8 Å². The molecular formula is C50H66N6O9. The van der Waals surface area contributed by atoms with Crippen LogP contribution in [-0.4, -0.2) is 104 Å². The van der Waals surface area contributed by atoms with E-state index in [2.05, 4.69) is 28.3 Å². The Morgan fingerprint density at radius 2 is 1.62 bits per heavy atom. The van der Waals surface area contributed by atoms with Gasteiger partial charge in [-0.25, -0.2) is 9.48 Å². The predicted molar refractivity (Wildman–Crippen MR) is 244 cm³/mol. The van der Waals surface area contributed by atoms with E-state index >= 15 is 0 Å². The van der Waals surface area contributed by atoms with Crippen LogP contribution in [0.1, 0.15) is 108 Å². The molecule has 4 amide bonds. The molecule has 1 aliphatic heterocycles. The van der Waals surface area contributed by atoms with Crippen molar-refractivity contribution in [2.24, 2.45) is 29.1 Å². The van der Waals surface area contributed by atoms with Crippen LogP contribution >= 0.6 is 0 Å². The lowest BCUT2D eigenvalue weighted by atomic mass is 9.83. The highest BCUT2D eigenvalue weighted by molar-refractivity contribution is 6.06. The maximum absolute atomic E-state index is 13.8. The number of aromatic nitrogens is 3. The number of nitrogens with one attached hydrogen (secondary N) is 1. The summed E-state index contributed by atoms with van der Waals surface area (Å²) >= 11 is 0. The number of allylic oxidation sites excluding steroid dienone is 2.